The van der Waals surface area contributed by atoms with Crippen LogP contribution < -0.4 is 4.74 Å². The Morgan fingerprint density at radius 2 is 2.12 bits per heavy atom. The first-order valence-electron chi connectivity index (χ1n) is 5.03. The summed E-state index contributed by atoms with van der Waals surface area (Å²) in [5.41, 5.74) is 1.10. The van der Waals surface area contributed by atoms with E-state index in [9.17, 15) is 4.79 Å². The van der Waals surface area contributed by atoms with Gasteiger partial charge in [-0.05, 0) is 37.6 Å². The molecule has 0 fully saturated rings. The minimum absolute atomic E-state index is 0.103. The number of methoxy groups -OCH3 is 1. The number of aryl methyl sites for hydroxylation is 1. The van der Waals surface area contributed by atoms with Gasteiger partial charge in [-0.25, -0.2) is 4.79 Å². The smallest absolute Gasteiger partial charge is 0.335 e. The van der Waals surface area contributed by atoms with Crippen molar-refractivity contribution >= 4 is 5.97 Å². The molecule has 0 saturated heterocycles. The summed E-state index contributed by atoms with van der Waals surface area (Å²) in [5, 5.41) is 8.89. The first-order chi connectivity index (χ1) is 7.52. The van der Waals surface area contributed by atoms with Crippen molar-refractivity contribution in [3.63, 3.8) is 0 Å². The lowest BCUT2D eigenvalue weighted by Crippen LogP contribution is -2.18. The van der Waals surface area contributed by atoms with E-state index in [4.69, 9.17) is 14.6 Å². The fourth-order valence-electron chi connectivity index (χ4n) is 1.44. The maximum atomic E-state index is 10.8. The van der Waals surface area contributed by atoms with Crippen molar-refractivity contribution in [1.29, 1.82) is 0 Å². The second-order valence-corrected chi connectivity index (χ2v) is 3.72. The lowest BCUT2D eigenvalue weighted by Gasteiger charge is -2.14. The Balaban J connectivity index is 2.84. The van der Waals surface area contributed by atoms with Gasteiger partial charge in [0.2, 0.25) is 0 Å². The third-order valence-electron chi connectivity index (χ3n) is 2.04. The number of benzene rings is 1. The minimum Gasteiger partial charge on any atom is -0.488 e. The van der Waals surface area contributed by atoms with Crippen LogP contribution in [0.25, 0.3) is 0 Å². The van der Waals surface area contributed by atoms with E-state index >= 15 is 0 Å². The van der Waals surface area contributed by atoms with Crippen molar-refractivity contribution in [2.45, 2.75) is 20.0 Å². The Morgan fingerprint density at radius 3 is 2.69 bits per heavy atom. The van der Waals surface area contributed by atoms with Crippen molar-refractivity contribution in [2.24, 2.45) is 0 Å². The molecule has 4 nitrogen and oxygen atoms in total. The molecule has 0 aliphatic heterocycles. The maximum absolute atomic E-state index is 10.8. The van der Waals surface area contributed by atoms with Crippen LogP contribution in [-0.4, -0.2) is 30.9 Å². The molecule has 88 valence electrons. The van der Waals surface area contributed by atoms with E-state index in [1.807, 2.05) is 13.8 Å². The molecular weight excluding hydrogens is 208 g/mol. The van der Waals surface area contributed by atoms with Gasteiger partial charge in [0.25, 0.3) is 0 Å². The quantitative estimate of drug-likeness (QED) is 0.832. The third kappa shape index (κ3) is 3.55. The molecule has 4 heteroatoms. The average Bonchev–Trinajstić information content (AvgIpc) is 2.16. The monoisotopic (exact) mass is 224 g/mol. The molecule has 1 aromatic carbocycles. The van der Waals surface area contributed by atoms with Gasteiger partial charge in [0.1, 0.15) is 11.9 Å². The summed E-state index contributed by atoms with van der Waals surface area (Å²) < 4.78 is 10.5. The Kier molecular flexibility index (Phi) is 4.31. The Morgan fingerprint density at radius 1 is 1.44 bits per heavy atom. The van der Waals surface area contributed by atoms with Crippen LogP contribution in [0.15, 0.2) is 18.2 Å². The molecule has 1 rings (SSSR count). The number of carboxylic acids is 1. The number of aromatic carboxylic acids is 1. The van der Waals surface area contributed by atoms with Crippen LogP contribution in [0.3, 0.4) is 0 Å². The van der Waals surface area contributed by atoms with Crippen LogP contribution in [0.2, 0.25) is 0 Å². The van der Waals surface area contributed by atoms with E-state index in [-0.39, 0.29) is 11.7 Å². The van der Waals surface area contributed by atoms with Gasteiger partial charge < -0.3 is 14.6 Å². The van der Waals surface area contributed by atoms with Gasteiger partial charge in [0.05, 0.1) is 12.2 Å². The zero-order valence-corrected chi connectivity index (χ0v) is 9.69. The molecule has 0 saturated carbocycles. The predicted octanol–water partition coefficient (Wildman–Crippen LogP) is 2.11. The average molecular weight is 224 g/mol. The van der Waals surface area contributed by atoms with Crippen molar-refractivity contribution in [2.75, 3.05) is 13.7 Å². The first-order valence-corrected chi connectivity index (χ1v) is 5.03. The molecule has 0 aliphatic rings. The molecular formula is C12H16O4. The molecule has 16 heavy (non-hydrogen) atoms. The second-order valence-electron chi connectivity index (χ2n) is 3.72. The fraction of sp³-hybridized carbons (Fsp3) is 0.417. The van der Waals surface area contributed by atoms with Gasteiger partial charge in [-0.15, -0.1) is 0 Å². The molecule has 0 aromatic heterocycles. The zero-order valence-electron chi connectivity index (χ0n) is 9.69. The highest BCUT2D eigenvalue weighted by molar-refractivity contribution is 5.88. The largest absolute Gasteiger partial charge is 0.488 e. The number of hydrogen-bond donors (Lipinski definition) is 1. The van der Waals surface area contributed by atoms with Gasteiger partial charge in [-0.1, -0.05) is 0 Å². The number of rotatable bonds is 5. The van der Waals surface area contributed by atoms with Crippen LogP contribution >= 0.6 is 0 Å². The fourth-order valence-corrected chi connectivity index (χ4v) is 1.44. The van der Waals surface area contributed by atoms with Crippen molar-refractivity contribution in [1.82, 2.24) is 0 Å². The van der Waals surface area contributed by atoms with Crippen LogP contribution in [0, 0.1) is 6.92 Å². The topological polar surface area (TPSA) is 55.8 Å². The number of carbonyl (C=O) groups is 1. The molecule has 0 spiro atoms. The van der Waals surface area contributed by atoms with E-state index in [1.54, 1.807) is 19.2 Å². The predicted molar refractivity (Wildman–Crippen MR) is 60.1 cm³/mol. The van der Waals surface area contributed by atoms with E-state index < -0.39 is 5.97 Å². The normalized spacial score (nSPS) is 12.2. The number of carboxylic acid groups (broad SMARTS) is 1. The molecule has 0 aliphatic carbocycles. The van der Waals surface area contributed by atoms with E-state index in [0.29, 0.717) is 12.4 Å². The summed E-state index contributed by atoms with van der Waals surface area (Å²) in [6.07, 6.45) is -0.103. The van der Waals surface area contributed by atoms with Crippen molar-refractivity contribution < 1.29 is 19.4 Å². The van der Waals surface area contributed by atoms with E-state index in [0.717, 1.165) is 5.56 Å². The molecule has 0 bridgehead atoms. The summed E-state index contributed by atoms with van der Waals surface area (Å²) in [6, 6.07) is 4.93. The third-order valence-corrected chi connectivity index (χ3v) is 2.04. The van der Waals surface area contributed by atoms with Gasteiger partial charge >= 0.3 is 5.97 Å². The Bertz CT molecular complexity index is 373. The summed E-state index contributed by atoms with van der Waals surface area (Å²) >= 11 is 0. The Hall–Kier alpha value is -1.55. The molecule has 0 amide bonds. The highest BCUT2D eigenvalue weighted by Gasteiger charge is 2.08. The van der Waals surface area contributed by atoms with Crippen LogP contribution in [-0.2, 0) is 4.74 Å². The van der Waals surface area contributed by atoms with Gasteiger partial charge in [0.15, 0.2) is 0 Å². The van der Waals surface area contributed by atoms with Gasteiger partial charge in [-0.2, -0.15) is 0 Å². The molecule has 1 N–H and O–H groups in total. The van der Waals surface area contributed by atoms with Crippen molar-refractivity contribution in [3.8, 4) is 5.75 Å². The molecule has 1 atom stereocenters. The van der Waals surface area contributed by atoms with Crippen LogP contribution in [0.5, 0.6) is 5.75 Å². The SMILES string of the molecule is COC[C@H](C)Oc1cc(C)cc(C(=O)O)c1. The Labute approximate surface area is 94.8 Å². The molecule has 0 radical (unpaired) electrons. The second kappa shape index (κ2) is 5.51. The summed E-state index contributed by atoms with van der Waals surface area (Å²) in [7, 11) is 1.60. The zero-order chi connectivity index (χ0) is 12.1. The van der Waals surface area contributed by atoms with E-state index in [1.165, 1.54) is 6.07 Å². The highest BCUT2D eigenvalue weighted by Crippen LogP contribution is 2.18. The number of hydrogen-bond acceptors (Lipinski definition) is 3. The first kappa shape index (κ1) is 12.5. The maximum Gasteiger partial charge on any atom is 0.335 e. The molecule has 0 heterocycles. The van der Waals surface area contributed by atoms with Crippen LogP contribution in [0.1, 0.15) is 22.8 Å². The van der Waals surface area contributed by atoms with Crippen molar-refractivity contribution in [3.05, 3.63) is 29.3 Å². The lowest BCUT2D eigenvalue weighted by molar-refractivity contribution is 0.0694. The molecule has 1 aromatic rings. The van der Waals surface area contributed by atoms with E-state index in [2.05, 4.69) is 0 Å². The van der Waals surface area contributed by atoms with Gasteiger partial charge in [0, 0.05) is 7.11 Å². The summed E-state index contributed by atoms with van der Waals surface area (Å²) in [6.45, 7) is 4.17. The minimum atomic E-state index is -0.951. The molecule has 0 unspecified atom stereocenters. The van der Waals surface area contributed by atoms with Crippen LogP contribution in [0.4, 0.5) is 0 Å². The summed E-state index contributed by atoms with van der Waals surface area (Å²) in [5.74, 6) is -0.394. The van der Waals surface area contributed by atoms with Gasteiger partial charge in [-0.3, -0.25) is 0 Å². The standard InChI is InChI=1S/C12H16O4/c1-8-4-10(12(13)14)6-11(5-8)16-9(2)7-15-3/h4-6,9H,7H2,1-3H3,(H,13,14)/t9-/m0/s1. The number of ether oxygens (including phenoxy) is 2. The summed E-state index contributed by atoms with van der Waals surface area (Å²) in [4.78, 5) is 10.8. The lowest BCUT2D eigenvalue weighted by atomic mass is 10.1. The highest BCUT2D eigenvalue weighted by atomic mass is 16.5.